The highest BCUT2D eigenvalue weighted by Gasteiger charge is 2.11. The Morgan fingerprint density at radius 3 is 2.76 bits per heavy atom. The predicted molar refractivity (Wildman–Crippen MR) is 56.4 cm³/mol. The van der Waals surface area contributed by atoms with Gasteiger partial charge < -0.3 is 9.90 Å². The van der Waals surface area contributed by atoms with Gasteiger partial charge in [-0.05, 0) is 26.7 Å². The Hall–Kier alpha value is -2.18. The van der Waals surface area contributed by atoms with Gasteiger partial charge in [0.05, 0.1) is 5.69 Å². The number of rotatable bonds is 3. The zero-order chi connectivity index (χ0) is 12.6. The molecule has 2 aromatic rings. The van der Waals surface area contributed by atoms with Crippen LogP contribution in [0.25, 0.3) is 5.78 Å². The number of carboxylic acid groups (broad SMARTS) is 1. The van der Waals surface area contributed by atoms with Gasteiger partial charge in [0.2, 0.25) is 0 Å². The minimum atomic E-state index is -1.19. The SMILES string of the molecule is Cc1nc2nc(C)c(CCC(=O)[O-])c(=O)n2[nH]1. The molecule has 17 heavy (non-hydrogen) atoms. The number of hydrogen-bond donors (Lipinski definition) is 1. The number of fused-ring (bicyclic) bond motifs is 1. The van der Waals surface area contributed by atoms with Crippen LogP contribution in [0.5, 0.6) is 0 Å². The van der Waals surface area contributed by atoms with Crippen molar-refractivity contribution in [2.24, 2.45) is 0 Å². The molecule has 0 saturated carbocycles. The summed E-state index contributed by atoms with van der Waals surface area (Å²) >= 11 is 0. The molecule has 0 spiro atoms. The van der Waals surface area contributed by atoms with Crippen LogP contribution in [0.3, 0.4) is 0 Å². The van der Waals surface area contributed by atoms with E-state index in [0.717, 1.165) is 0 Å². The molecule has 2 rings (SSSR count). The number of carbonyl (C=O) groups is 1. The first-order valence-corrected chi connectivity index (χ1v) is 5.13. The summed E-state index contributed by atoms with van der Waals surface area (Å²) in [4.78, 5) is 30.6. The van der Waals surface area contributed by atoms with Gasteiger partial charge in [0.15, 0.2) is 0 Å². The van der Waals surface area contributed by atoms with Crippen molar-refractivity contribution in [2.75, 3.05) is 0 Å². The van der Waals surface area contributed by atoms with Crippen molar-refractivity contribution in [1.82, 2.24) is 19.6 Å². The number of aromatic amines is 1. The van der Waals surface area contributed by atoms with Crippen molar-refractivity contribution >= 4 is 11.7 Å². The van der Waals surface area contributed by atoms with Gasteiger partial charge in [-0.25, -0.2) is 4.98 Å². The fourth-order valence-corrected chi connectivity index (χ4v) is 1.68. The third-order valence-corrected chi connectivity index (χ3v) is 2.49. The van der Waals surface area contributed by atoms with Gasteiger partial charge in [0.25, 0.3) is 11.3 Å². The number of carboxylic acids is 1. The maximum Gasteiger partial charge on any atom is 0.277 e. The highest BCUT2D eigenvalue weighted by atomic mass is 16.4. The molecule has 0 atom stereocenters. The summed E-state index contributed by atoms with van der Waals surface area (Å²) in [6, 6.07) is 0. The molecule has 0 aliphatic carbocycles. The van der Waals surface area contributed by atoms with Gasteiger partial charge in [0, 0.05) is 11.5 Å². The molecular weight excluding hydrogens is 224 g/mol. The summed E-state index contributed by atoms with van der Waals surface area (Å²) < 4.78 is 1.22. The molecule has 0 fully saturated rings. The first-order chi connectivity index (χ1) is 7.99. The van der Waals surface area contributed by atoms with Crippen LogP contribution in [0.15, 0.2) is 4.79 Å². The zero-order valence-electron chi connectivity index (χ0n) is 9.48. The quantitative estimate of drug-likeness (QED) is 0.713. The lowest BCUT2D eigenvalue weighted by Gasteiger charge is -2.05. The largest absolute Gasteiger partial charge is 0.550 e. The van der Waals surface area contributed by atoms with E-state index in [2.05, 4.69) is 15.1 Å². The number of nitrogens with one attached hydrogen (secondary N) is 1. The van der Waals surface area contributed by atoms with E-state index in [4.69, 9.17) is 0 Å². The van der Waals surface area contributed by atoms with Crippen LogP contribution >= 0.6 is 0 Å². The number of aliphatic carboxylic acids is 1. The lowest BCUT2D eigenvalue weighted by molar-refractivity contribution is -0.305. The molecule has 2 heterocycles. The fourth-order valence-electron chi connectivity index (χ4n) is 1.68. The smallest absolute Gasteiger partial charge is 0.277 e. The second-order valence-electron chi connectivity index (χ2n) is 3.80. The Balaban J connectivity index is 2.55. The van der Waals surface area contributed by atoms with Crippen molar-refractivity contribution < 1.29 is 9.90 Å². The Labute approximate surface area is 96.1 Å². The van der Waals surface area contributed by atoms with E-state index >= 15 is 0 Å². The normalized spacial score (nSPS) is 10.9. The van der Waals surface area contributed by atoms with E-state index < -0.39 is 5.97 Å². The van der Waals surface area contributed by atoms with E-state index in [-0.39, 0.29) is 18.4 Å². The van der Waals surface area contributed by atoms with E-state index in [1.807, 2.05) is 0 Å². The third kappa shape index (κ3) is 2.03. The molecule has 7 nitrogen and oxygen atoms in total. The maximum atomic E-state index is 12.0. The van der Waals surface area contributed by atoms with Crippen LogP contribution in [0.1, 0.15) is 23.5 Å². The van der Waals surface area contributed by atoms with Crippen molar-refractivity contribution in [1.29, 1.82) is 0 Å². The monoisotopic (exact) mass is 235 g/mol. The molecule has 1 N–H and O–H groups in total. The van der Waals surface area contributed by atoms with Crippen LogP contribution in [-0.2, 0) is 11.2 Å². The molecule has 0 bridgehead atoms. The molecule has 0 radical (unpaired) electrons. The molecule has 0 aromatic carbocycles. The highest BCUT2D eigenvalue weighted by Crippen LogP contribution is 2.04. The van der Waals surface area contributed by atoms with Crippen LogP contribution in [-0.4, -0.2) is 25.6 Å². The van der Waals surface area contributed by atoms with E-state index in [1.54, 1.807) is 13.8 Å². The number of carbonyl (C=O) groups excluding carboxylic acids is 1. The lowest BCUT2D eigenvalue weighted by atomic mass is 10.1. The number of aryl methyl sites for hydroxylation is 2. The average Bonchev–Trinajstić information content (AvgIpc) is 2.58. The van der Waals surface area contributed by atoms with Crippen molar-refractivity contribution in [3.63, 3.8) is 0 Å². The summed E-state index contributed by atoms with van der Waals surface area (Å²) in [7, 11) is 0. The molecule has 0 aliphatic rings. The second-order valence-corrected chi connectivity index (χ2v) is 3.80. The number of hydrogen-bond acceptors (Lipinski definition) is 5. The number of aromatic nitrogens is 4. The standard InChI is InChI=1S/C10H12N4O3/c1-5-7(3-4-8(15)16)9(17)14-10(11-5)12-6(2)13-14/h3-4H2,1-2H3,(H,15,16)(H,11,12,13)/p-1. The summed E-state index contributed by atoms with van der Waals surface area (Å²) in [6.07, 6.45) is -0.0854. The van der Waals surface area contributed by atoms with E-state index in [9.17, 15) is 14.7 Å². The summed E-state index contributed by atoms with van der Waals surface area (Å²) in [5.74, 6) is -0.317. The van der Waals surface area contributed by atoms with Gasteiger partial charge in [-0.2, -0.15) is 9.50 Å². The fraction of sp³-hybridized carbons (Fsp3) is 0.400. The van der Waals surface area contributed by atoms with Crippen LogP contribution in [0.4, 0.5) is 0 Å². The second kappa shape index (κ2) is 4.00. The molecule has 2 aromatic heterocycles. The minimum absolute atomic E-state index is 0.112. The Kier molecular flexibility index (Phi) is 2.66. The maximum absolute atomic E-state index is 12.0. The van der Waals surface area contributed by atoms with E-state index in [1.165, 1.54) is 4.52 Å². The molecule has 0 saturated heterocycles. The van der Waals surface area contributed by atoms with Crippen LogP contribution in [0.2, 0.25) is 0 Å². The van der Waals surface area contributed by atoms with Gasteiger partial charge >= 0.3 is 0 Å². The summed E-state index contributed by atoms with van der Waals surface area (Å²) in [5.41, 5.74) is 0.562. The number of H-pyrrole nitrogens is 1. The van der Waals surface area contributed by atoms with Crippen molar-refractivity contribution in [2.45, 2.75) is 26.7 Å². The topological polar surface area (TPSA) is 103 Å². The summed E-state index contributed by atoms with van der Waals surface area (Å²) in [6.45, 7) is 3.38. The Bertz CT molecular complexity index is 641. The molecule has 90 valence electrons. The van der Waals surface area contributed by atoms with E-state index in [0.29, 0.717) is 22.9 Å². The third-order valence-electron chi connectivity index (χ3n) is 2.49. The van der Waals surface area contributed by atoms with Gasteiger partial charge in [-0.15, -0.1) is 0 Å². The molecular formula is C10H11N4O3-. The van der Waals surface area contributed by atoms with Gasteiger partial charge in [0.1, 0.15) is 5.82 Å². The molecule has 7 heteroatoms. The highest BCUT2D eigenvalue weighted by molar-refractivity contribution is 5.64. The molecule has 0 aliphatic heterocycles. The average molecular weight is 235 g/mol. The lowest BCUT2D eigenvalue weighted by Crippen LogP contribution is -2.26. The Morgan fingerprint density at radius 2 is 2.12 bits per heavy atom. The summed E-state index contributed by atoms with van der Waals surface area (Å²) in [5, 5.41) is 13.2. The van der Waals surface area contributed by atoms with Crippen LogP contribution < -0.4 is 10.7 Å². The molecule has 0 unspecified atom stereocenters. The van der Waals surface area contributed by atoms with Crippen molar-refractivity contribution in [3.05, 3.63) is 27.4 Å². The Morgan fingerprint density at radius 1 is 1.41 bits per heavy atom. The van der Waals surface area contributed by atoms with Gasteiger partial charge in [-0.3, -0.25) is 9.89 Å². The number of nitrogens with zero attached hydrogens (tertiary/aromatic N) is 3. The van der Waals surface area contributed by atoms with Crippen LogP contribution in [0, 0.1) is 13.8 Å². The first-order valence-electron chi connectivity index (χ1n) is 5.13. The van der Waals surface area contributed by atoms with Crippen molar-refractivity contribution in [3.8, 4) is 0 Å². The first kappa shape index (κ1) is 11.3. The minimum Gasteiger partial charge on any atom is -0.550 e. The van der Waals surface area contributed by atoms with Gasteiger partial charge in [-0.1, -0.05) is 0 Å². The predicted octanol–water partition coefficient (Wildman–Crippen LogP) is -1.28. The molecule has 0 amide bonds. The zero-order valence-corrected chi connectivity index (χ0v) is 9.48.